The zero-order valence-electron chi connectivity index (χ0n) is 9.64. The molecule has 92 valence electrons. The zero-order chi connectivity index (χ0) is 13.1. The zero-order valence-corrected chi connectivity index (χ0v) is 11.2. The molecule has 1 heterocycles. The van der Waals surface area contributed by atoms with Crippen LogP contribution >= 0.6 is 23.4 Å². The molecule has 4 nitrogen and oxygen atoms in total. The van der Waals surface area contributed by atoms with E-state index in [0.29, 0.717) is 15.9 Å². The second kappa shape index (κ2) is 5.37. The van der Waals surface area contributed by atoms with Crippen LogP contribution in [0.15, 0.2) is 40.4 Å². The van der Waals surface area contributed by atoms with Crippen LogP contribution in [0.4, 0.5) is 0 Å². The molecule has 0 unspecified atom stereocenters. The van der Waals surface area contributed by atoms with Crippen molar-refractivity contribution in [3.8, 4) is 0 Å². The van der Waals surface area contributed by atoms with Gasteiger partial charge >= 0.3 is 0 Å². The highest BCUT2D eigenvalue weighted by atomic mass is 35.5. The Labute approximate surface area is 114 Å². The van der Waals surface area contributed by atoms with Gasteiger partial charge in [-0.05, 0) is 36.9 Å². The fraction of sp³-hybridized carbons (Fsp3) is 0.0833. The van der Waals surface area contributed by atoms with Crippen molar-refractivity contribution >= 4 is 29.2 Å². The van der Waals surface area contributed by atoms with Crippen molar-refractivity contribution < 1.29 is 0 Å². The van der Waals surface area contributed by atoms with Crippen LogP contribution in [0.3, 0.4) is 0 Å². The van der Waals surface area contributed by atoms with Gasteiger partial charge in [0.1, 0.15) is 11.5 Å². The second-order valence-corrected chi connectivity index (χ2v) is 5.04. The molecule has 0 aliphatic heterocycles. The fourth-order valence-corrected chi connectivity index (χ4v) is 2.44. The third-order valence-electron chi connectivity index (χ3n) is 2.15. The summed E-state index contributed by atoms with van der Waals surface area (Å²) in [6.07, 6.45) is 0. The molecule has 0 aliphatic carbocycles. The number of nitrogens with two attached hydrogens (primary N) is 1. The number of aryl methyl sites for hydroxylation is 1. The molecule has 0 saturated heterocycles. The second-order valence-electron chi connectivity index (χ2n) is 3.62. The predicted octanol–water partition coefficient (Wildman–Crippen LogP) is 2.87. The minimum Gasteiger partial charge on any atom is -0.382 e. The highest BCUT2D eigenvalue weighted by Gasteiger charge is 2.08. The van der Waals surface area contributed by atoms with Crippen molar-refractivity contribution in [2.75, 3.05) is 0 Å². The highest BCUT2D eigenvalue weighted by Crippen LogP contribution is 2.30. The van der Waals surface area contributed by atoms with E-state index in [4.69, 9.17) is 22.7 Å². The number of aromatic nitrogens is 2. The molecule has 0 fully saturated rings. The molecule has 0 saturated carbocycles. The van der Waals surface area contributed by atoms with Crippen molar-refractivity contribution in [2.24, 2.45) is 5.73 Å². The van der Waals surface area contributed by atoms with Crippen LogP contribution in [0.5, 0.6) is 0 Å². The molecule has 2 aromatic rings. The van der Waals surface area contributed by atoms with Gasteiger partial charge in [0.25, 0.3) is 0 Å². The van der Waals surface area contributed by atoms with Gasteiger partial charge in [-0.3, -0.25) is 5.41 Å². The molecule has 0 radical (unpaired) electrons. The molecule has 0 spiro atoms. The summed E-state index contributed by atoms with van der Waals surface area (Å²) >= 11 is 7.43. The lowest BCUT2D eigenvalue weighted by molar-refractivity contribution is 0.921. The van der Waals surface area contributed by atoms with Gasteiger partial charge in [-0.2, -0.15) is 0 Å². The number of hydrogen-bond donors (Lipinski definition) is 2. The minimum atomic E-state index is -0.0680. The first-order valence-corrected chi connectivity index (χ1v) is 6.38. The van der Waals surface area contributed by atoms with E-state index in [-0.39, 0.29) is 5.84 Å². The van der Waals surface area contributed by atoms with E-state index in [9.17, 15) is 0 Å². The first-order chi connectivity index (χ1) is 8.56. The number of amidine groups is 1. The highest BCUT2D eigenvalue weighted by molar-refractivity contribution is 7.99. The summed E-state index contributed by atoms with van der Waals surface area (Å²) in [6, 6.07) is 9.15. The Bertz CT molecular complexity index is 600. The summed E-state index contributed by atoms with van der Waals surface area (Å²) in [5.41, 5.74) is 6.63. The monoisotopic (exact) mass is 278 g/mol. The average Bonchev–Trinajstić information content (AvgIpc) is 2.31. The van der Waals surface area contributed by atoms with Crippen molar-refractivity contribution in [2.45, 2.75) is 17.0 Å². The number of nitrogens with zero attached hydrogens (tertiary/aromatic N) is 2. The van der Waals surface area contributed by atoms with Crippen LogP contribution in [0.2, 0.25) is 5.02 Å². The van der Waals surface area contributed by atoms with Gasteiger partial charge in [-0.1, -0.05) is 23.7 Å². The Kier molecular flexibility index (Phi) is 3.84. The third-order valence-corrected chi connectivity index (χ3v) is 3.53. The maximum atomic E-state index is 7.40. The van der Waals surface area contributed by atoms with Crippen LogP contribution in [0.25, 0.3) is 0 Å². The minimum absolute atomic E-state index is 0.0680. The summed E-state index contributed by atoms with van der Waals surface area (Å²) in [5, 5.41) is 8.59. The summed E-state index contributed by atoms with van der Waals surface area (Å²) in [6.45, 7) is 1.84. The molecule has 0 bridgehead atoms. The lowest BCUT2D eigenvalue weighted by atomic mass is 10.3. The molecule has 1 aromatic carbocycles. The third kappa shape index (κ3) is 3.00. The average molecular weight is 279 g/mol. The van der Waals surface area contributed by atoms with Crippen molar-refractivity contribution in [1.82, 2.24) is 9.97 Å². The van der Waals surface area contributed by atoms with Crippen molar-refractivity contribution in [3.05, 3.63) is 46.7 Å². The van der Waals surface area contributed by atoms with E-state index in [0.717, 1.165) is 10.6 Å². The Morgan fingerprint density at radius 2 is 2.06 bits per heavy atom. The van der Waals surface area contributed by atoms with E-state index in [1.165, 1.54) is 11.8 Å². The SMILES string of the molecule is Cc1cc(C(=N)N)nc(Sc2ccccc2Cl)n1. The number of hydrogen-bond acceptors (Lipinski definition) is 4. The van der Waals surface area contributed by atoms with Crippen molar-refractivity contribution in [3.63, 3.8) is 0 Å². The molecule has 2 rings (SSSR count). The Balaban J connectivity index is 2.35. The van der Waals surface area contributed by atoms with E-state index in [2.05, 4.69) is 9.97 Å². The number of nitrogens with one attached hydrogen (secondary N) is 1. The van der Waals surface area contributed by atoms with Crippen LogP contribution in [-0.4, -0.2) is 15.8 Å². The Morgan fingerprint density at radius 3 is 2.72 bits per heavy atom. The molecule has 6 heteroatoms. The summed E-state index contributed by atoms with van der Waals surface area (Å²) in [7, 11) is 0. The lowest BCUT2D eigenvalue weighted by Crippen LogP contribution is -2.14. The molecule has 0 atom stereocenters. The summed E-state index contributed by atoms with van der Waals surface area (Å²) < 4.78 is 0. The van der Waals surface area contributed by atoms with Gasteiger partial charge in [0.05, 0.1) is 5.02 Å². The molecular formula is C12H11ClN4S. The van der Waals surface area contributed by atoms with E-state index in [1.54, 1.807) is 6.07 Å². The first-order valence-electron chi connectivity index (χ1n) is 5.19. The van der Waals surface area contributed by atoms with Gasteiger partial charge in [0.15, 0.2) is 5.16 Å². The number of rotatable bonds is 3. The lowest BCUT2D eigenvalue weighted by Gasteiger charge is -2.05. The smallest absolute Gasteiger partial charge is 0.193 e. The number of halogens is 1. The maximum absolute atomic E-state index is 7.40. The predicted molar refractivity (Wildman–Crippen MR) is 73.4 cm³/mol. The molecule has 0 amide bonds. The molecule has 0 aliphatic rings. The molecule has 1 aromatic heterocycles. The Morgan fingerprint density at radius 1 is 1.33 bits per heavy atom. The summed E-state index contributed by atoms with van der Waals surface area (Å²) in [5.74, 6) is -0.0680. The Hall–Kier alpha value is -1.59. The van der Waals surface area contributed by atoms with Gasteiger partial charge < -0.3 is 5.73 Å². The topological polar surface area (TPSA) is 75.7 Å². The number of nitrogen functional groups attached to an aromatic ring is 1. The van der Waals surface area contributed by atoms with Gasteiger partial charge in [0.2, 0.25) is 0 Å². The van der Waals surface area contributed by atoms with Gasteiger partial charge in [-0.25, -0.2) is 9.97 Å². The fourth-order valence-electron chi connectivity index (χ4n) is 1.35. The normalized spacial score (nSPS) is 10.3. The maximum Gasteiger partial charge on any atom is 0.193 e. The molecule has 18 heavy (non-hydrogen) atoms. The standard InChI is InChI=1S/C12H11ClN4S/c1-7-6-9(11(14)15)17-12(16-7)18-10-5-3-2-4-8(10)13/h2-6H,1H3,(H3,14,15). The van der Waals surface area contributed by atoms with Crippen molar-refractivity contribution in [1.29, 1.82) is 5.41 Å². The van der Waals surface area contributed by atoms with Crippen LogP contribution in [0.1, 0.15) is 11.4 Å². The van der Waals surface area contributed by atoms with Gasteiger partial charge in [0, 0.05) is 10.6 Å². The van der Waals surface area contributed by atoms with E-state index < -0.39 is 0 Å². The van der Waals surface area contributed by atoms with Crippen LogP contribution in [0, 0.1) is 12.3 Å². The van der Waals surface area contributed by atoms with Crippen LogP contribution < -0.4 is 5.73 Å². The van der Waals surface area contributed by atoms with Crippen LogP contribution in [-0.2, 0) is 0 Å². The number of benzene rings is 1. The molecular weight excluding hydrogens is 268 g/mol. The van der Waals surface area contributed by atoms with E-state index >= 15 is 0 Å². The quantitative estimate of drug-likeness (QED) is 0.514. The largest absolute Gasteiger partial charge is 0.382 e. The first kappa shape index (κ1) is 12.9. The summed E-state index contributed by atoms with van der Waals surface area (Å²) in [4.78, 5) is 9.38. The van der Waals surface area contributed by atoms with E-state index in [1.807, 2.05) is 31.2 Å². The molecule has 3 N–H and O–H groups in total. The van der Waals surface area contributed by atoms with Gasteiger partial charge in [-0.15, -0.1) is 0 Å².